The van der Waals surface area contributed by atoms with Crippen molar-refractivity contribution in [2.75, 3.05) is 20.6 Å². The van der Waals surface area contributed by atoms with Gasteiger partial charge in [0, 0.05) is 24.7 Å². The topological polar surface area (TPSA) is 32.8 Å². The van der Waals surface area contributed by atoms with E-state index < -0.39 is 0 Å². The van der Waals surface area contributed by atoms with Crippen LogP contribution in [0.25, 0.3) is 0 Å². The number of terminal acetylenes is 1. The van der Waals surface area contributed by atoms with Gasteiger partial charge in [-0.05, 0) is 74.0 Å². The maximum atomic E-state index is 12.5. The second-order valence-electron chi connectivity index (χ2n) is 8.06. The van der Waals surface area contributed by atoms with Crippen LogP contribution in [0.2, 0.25) is 5.02 Å². The summed E-state index contributed by atoms with van der Waals surface area (Å²) in [5, 5.41) is 0.620. The summed E-state index contributed by atoms with van der Waals surface area (Å²) < 4.78 is 5.47. The third-order valence-electron chi connectivity index (χ3n) is 5.82. The quantitative estimate of drug-likeness (QED) is 0.569. The molecule has 0 spiro atoms. The molecule has 0 atom stereocenters. The van der Waals surface area contributed by atoms with Crippen LogP contribution in [0.4, 0.5) is 4.79 Å². The summed E-state index contributed by atoms with van der Waals surface area (Å²) >= 11 is 5.88. The van der Waals surface area contributed by atoms with E-state index in [9.17, 15) is 4.79 Å². The SMILES string of the molecule is C#CCN(C)Cc1ccc(C2CCC(N(C)C(=O)Oc3ccc(Cl)cc3)CC2)cc1. The normalized spacial score (nSPS) is 18.6. The first-order valence-electron chi connectivity index (χ1n) is 10.4. The van der Waals surface area contributed by atoms with Gasteiger partial charge in [0.05, 0.1) is 6.54 Å². The lowest BCUT2D eigenvalue weighted by molar-refractivity contribution is 0.130. The minimum absolute atomic E-state index is 0.206. The number of hydrogen-bond donors (Lipinski definition) is 0. The summed E-state index contributed by atoms with van der Waals surface area (Å²) in [5.74, 6) is 3.72. The van der Waals surface area contributed by atoms with Gasteiger partial charge in [0.1, 0.15) is 5.75 Å². The summed E-state index contributed by atoms with van der Waals surface area (Å²) in [6.45, 7) is 1.51. The molecule has 1 aliphatic carbocycles. The first kappa shape index (κ1) is 22.2. The number of amides is 1. The molecule has 0 unspecified atom stereocenters. The third kappa shape index (κ3) is 6.01. The van der Waals surface area contributed by atoms with Crippen LogP contribution in [-0.4, -0.2) is 42.6 Å². The lowest BCUT2D eigenvalue weighted by Gasteiger charge is -2.34. The number of rotatable bonds is 6. The minimum atomic E-state index is -0.318. The number of halogens is 1. The zero-order valence-corrected chi connectivity index (χ0v) is 18.4. The van der Waals surface area contributed by atoms with Gasteiger partial charge in [-0.3, -0.25) is 4.90 Å². The van der Waals surface area contributed by atoms with Gasteiger partial charge in [-0.1, -0.05) is 41.8 Å². The van der Waals surface area contributed by atoms with E-state index in [1.165, 1.54) is 11.1 Å². The molecule has 0 aromatic heterocycles. The van der Waals surface area contributed by atoms with Gasteiger partial charge >= 0.3 is 6.09 Å². The Morgan fingerprint density at radius 3 is 2.30 bits per heavy atom. The number of carbonyl (C=O) groups excluding carboxylic acids is 1. The van der Waals surface area contributed by atoms with Crippen LogP contribution < -0.4 is 4.74 Å². The van der Waals surface area contributed by atoms with Gasteiger partial charge in [-0.2, -0.15) is 0 Å². The molecule has 30 heavy (non-hydrogen) atoms. The smallest absolute Gasteiger partial charge is 0.410 e. The van der Waals surface area contributed by atoms with Crippen molar-refractivity contribution in [1.29, 1.82) is 0 Å². The van der Waals surface area contributed by atoms with Gasteiger partial charge < -0.3 is 9.64 Å². The molecule has 1 amide bonds. The molecule has 4 nitrogen and oxygen atoms in total. The maximum Gasteiger partial charge on any atom is 0.415 e. The molecule has 1 aliphatic rings. The Bertz CT molecular complexity index is 866. The van der Waals surface area contributed by atoms with Crippen LogP contribution in [0.5, 0.6) is 5.75 Å². The van der Waals surface area contributed by atoms with Gasteiger partial charge in [0.15, 0.2) is 0 Å². The summed E-state index contributed by atoms with van der Waals surface area (Å²) in [5.41, 5.74) is 2.65. The Morgan fingerprint density at radius 2 is 1.70 bits per heavy atom. The van der Waals surface area contributed by atoms with Crippen LogP contribution in [0, 0.1) is 12.3 Å². The highest BCUT2D eigenvalue weighted by Gasteiger charge is 2.28. The largest absolute Gasteiger partial charge is 0.415 e. The van der Waals surface area contributed by atoms with E-state index in [1.54, 1.807) is 29.2 Å². The van der Waals surface area contributed by atoms with Crippen LogP contribution in [0.3, 0.4) is 0 Å². The van der Waals surface area contributed by atoms with Crippen molar-refractivity contribution in [3.63, 3.8) is 0 Å². The highest BCUT2D eigenvalue weighted by Crippen LogP contribution is 2.35. The minimum Gasteiger partial charge on any atom is -0.410 e. The van der Waals surface area contributed by atoms with Crippen molar-refractivity contribution < 1.29 is 9.53 Å². The van der Waals surface area contributed by atoms with E-state index >= 15 is 0 Å². The average molecular weight is 425 g/mol. The monoisotopic (exact) mass is 424 g/mol. The summed E-state index contributed by atoms with van der Waals surface area (Å²) in [6, 6.07) is 15.9. The van der Waals surface area contributed by atoms with Crippen molar-refractivity contribution in [1.82, 2.24) is 9.80 Å². The van der Waals surface area contributed by atoms with E-state index in [4.69, 9.17) is 22.8 Å². The summed E-state index contributed by atoms with van der Waals surface area (Å²) in [4.78, 5) is 16.3. The first-order chi connectivity index (χ1) is 14.5. The molecule has 0 heterocycles. The summed E-state index contributed by atoms with van der Waals surface area (Å²) in [6.07, 6.45) is 9.14. The Morgan fingerprint density at radius 1 is 1.07 bits per heavy atom. The molecule has 0 N–H and O–H groups in total. The molecule has 2 aromatic carbocycles. The number of ether oxygens (including phenoxy) is 1. The Balaban J connectivity index is 1.49. The molecule has 0 radical (unpaired) electrons. The molecule has 2 aromatic rings. The molecule has 1 fully saturated rings. The molecule has 3 rings (SSSR count). The van der Waals surface area contributed by atoms with Gasteiger partial charge in [0.25, 0.3) is 0 Å². The van der Waals surface area contributed by atoms with E-state index in [0.29, 0.717) is 23.2 Å². The Labute approximate surface area is 184 Å². The van der Waals surface area contributed by atoms with E-state index in [2.05, 4.69) is 35.1 Å². The average Bonchev–Trinajstić information content (AvgIpc) is 2.75. The van der Waals surface area contributed by atoms with Crippen molar-refractivity contribution in [3.8, 4) is 18.1 Å². The van der Waals surface area contributed by atoms with Gasteiger partial charge in [-0.15, -0.1) is 6.42 Å². The van der Waals surface area contributed by atoms with Crippen LogP contribution in [-0.2, 0) is 6.54 Å². The van der Waals surface area contributed by atoms with Crippen LogP contribution in [0.15, 0.2) is 48.5 Å². The van der Waals surface area contributed by atoms with Crippen LogP contribution in [0.1, 0.15) is 42.7 Å². The number of nitrogens with zero attached hydrogens (tertiary/aromatic N) is 2. The molecule has 0 bridgehead atoms. The Kier molecular flexibility index (Phi) is 7.79. The van der Waals surface area contributed by atoms with E-state index in [0.717, 1.165) is 32.2 Å². The molecular formula is C25H29ClN2O2. The predicted octanol–water partition coefficient (Wildman–Crippen LogP) is 5.56. The zero-order chi connectivity index (χ0) is 21.5. The van der Waals surface area contributed by atoms with Crippen molar-refractivity contribution in [2.24, 2.45) is 0 Å². The van der Waals surface area contributed by atoms with Gasteiger partial charge in [0.2, 0.25) is 0 Å². The summed E-state index contributed by atoms with van der Waals surface area (Å²) in [7, 11) is 3.86. The fourth-order valence-corrected chi connectivity index (χ4v) is 4.17. The van der Waals surface area contributed by atoms with E-state index in [-0.39, 0.29) is 12.1 Å². The molecule has 158 valence electrons. The van der Waals surface area contributed by atoms with Crippen LogP contribution >= 0.6 is 11.6 Å². The lowest BCUT2D eigenvalue weighted by atomic mass is 9.81. The molecule has 5 heteroatoms. The van der Waals surface area contributed by atoms with E-state index in [1.807, 2.05) is 14.1 Å². The second-order valence-corrected chi connectivity index (χ2v) is 8.49. The fourth-order valence-electron chi connectivity index (χ4n) is 4.04. The lowest BCUT2D eigenvalue weighted by Crippen LogP contribution is -2.40. The van der Waals surface area contributed by atoms with Gasteiger partial charge in [-0.25, -0.2) is 4.79 Å². The number of benzene rings is 2. The zero-order valence-electron chi connectivity index (χ0n) is 17.7. The second kappa shape index (κ2) is 10.5. The number of carbonyl (C=O) groups is 1. The highest BCUT2D eigenvalue weighted by molar-refractivity contribution is 6.30. The molecule has 1 saturated carbocycles. The van der Waals surface area contributed by atoms with Crippen molar-refractivity contribution in [2.45, 2.75) is 44.2 Å². The predicted molar refractivity (Wildman–Crippen MR) is 122 cm³/mol. The Hall–Kier alpha value is -2.48. The highest BCUT2D eigenvalue weighted by atomic mass is 35.5. The third-order valence-corrected chi connectivity index (χ3v) is 6.07. The molecular weight excluding hydrogens is 396 g/mol. The standard InChI is InChI=1S/C25H29ClN2O2/c1-4-17-27(2)18-19-5-7-20(8-6-19)21-9-13-23(14-10-21)28(3)25(29)30-24-15-11-22(26)12-16-24/h1,5-8,11-12,15-16,21,23H,9-10,13-14,17-18H2,2-3H3. The molecule has 0 saturated heterocycles. The maximum absolute atomic E-state index is 12.5. The number of hydrogen-bond acceptors (Lipinski definition) is 3. The fraction of sp³-hybridized carbons (Fsp3) is 0.400. The molecule has 0 aliphatic heterocycles. The first-order valence-corrected chi connectivity index (χ1v) is 10.7. The van der Waals surface area contributed by atoms with Crippen molar-refractivity contribution in [3.05, 3.63) is 64.7 Å². The van der Waals surface area contributed by atoms with Crippen molar-refractivity contribution >= 4 is 17.7 Å².